The highest BCUT2D eigenvalue weighted by atomic mass is 16.5. The van der Waals surface area contributed by atoms with Crippen molar-refractivity contribution in [1.82, 2.24) is 10.6 Å². The molecule has 0 aliphatic heterocycles. The third-order valence-electron chi connectivity index (χ3n) is 4.66. The van der Waals surface area contributed by atoms with E-state index in [-0.39, 0.29) is 11.9 Å². The highest BCUT2D eigenvalue weighted by molar-refractivity contribution is 5.81. The molecule has 24 heavy (non-hydrogen) atoms. The van der Waals surface area contributed by atoms with Crippen molar-refractivity contribution in [2.75, 3.05) is 20.8 Å². The number of hydrogen-bond acceptors (Lipinski definition) is 4. The first kappa shape index (κ1) is 18.6. The van der Waals surface area contributed by atoms with E-state index in [1.54, 1.807) is 14.2 Å². The Labute approximate surface area is 145 Å². The molecule has 1 amide bonds. The van der Waals surface area contributed by atoms with E-state index in [2.05, 4.69) is 10.6 Å². The Kier molecular flexibility index (Phi) is 7.37. The van der Waals surface area contributed by atoms with Crippen LogP contribution in [0.15, 0.2) is 18.2 Å². The van der Waals surface area contributed by atoms with Crippen molar-refractivity contribution < 1.29 is 14.3 Å². The summed E-state index contributed by atoms with van der Waals surface area (Å²) in [5, 5.41) is 6.47. The van der Waals surface area contributed by atoms with Crippen LogP contribution < -0.4 is 20.1 Å². The maximum absolute atomic E-state index is 12.2. The van der Waals surface area contributed by atoms with Gasteiger partial charge in [-0.05, 0) is 50.4 Å². The molecular weight excluding hydrogens is 304 g/mol. The number of hydrogen-bond donors (Lipinski definition) is 2. The van der Waals surface area contributed by atoms with Crippen molar-refractivity contribution >= 4 is 5.91 Å². The number of rotatable bonds is 8. The van der Waals surface area contributed by atoms with Crippen LogP contribution in [0.25, 0.3) is 0 Å². The van der Waals surface area contributed by atoms with Gasteiger partial charge in [-0.2, -0.15) is 0 Å². The Bertz CT molecular complexity index is 527. The third kappa shape index (κ3) is 5.41. The number of methoxy groups -OCH3 is 2. The second-order valence-electron chi connectivity index (χ2n) is 6.46. The number of nitrogens with one attached hydrogen (secondary N) is 2. The molecule has 2 rings (SSSR count). The smallest absolute Gasteiger partial charge is 0.237 e. The van der Waals surface area contributed by atoms with Crippen molar-refractivity contribution in [2.45, 2.75) is 57.5 Å². The van der Waals surface area contributed by atoms with Crippen molar-refractivity contribution in [1.29, 1.82) is 0 Å². The lowest BCUT2D eigenvalue weighted by atomic mass is 9.95. The van der Waals surface area contributed by atoms with Gasteiger partial charge in [0.25, 0.3) is 0 Å². The molecule has 1 fully saturated rings. The second-order valence-corrected chi connectivity index (χ2v) is 6.46. The lowest BCUT2D eigenvalue weighted by Crippen LogP contribution is -2.47. The number of amides is 1. The zero-order chi connectivity index (χ0) is 17.4. The summed E-state index contributed by atoms with van der Waals surface area (Å²) in [6, 6.07) is 6.10. The SMILES string of the molecule is COc1ccc(CCN[C@H](C)C(=O)NC2CCCCC2)cc1OC. The summed E-state index contributed by atoms with van der Waals surface area (Å²) in [5.74, 6) is 1.57. The van der Waals surface area contributed by atoms with Gasteiger partial charge in [0.15, 0.2) is 11.5 Å². The summed E-state index contributed by atoms with van der Waals surface area (Å²) in [5.41, 5.74) is 1.15. The molecule has 0 aromatic heterocycles. The Morgan fingerprint density at radius 1 is 1.17 bits per heavy atom. The molecule has 5 nitrogen and oxygen atoms in total. The van der Waals surface area contributed by atoms with Crippen LogP contribution in [0.2, 0.25) is 0 Å². The summed E-state index contributed by atoms with van der Waals surface area (Å²) in [4.78, 5) is 12.2. The van der Waals surface area contributed by atoms with E-state index in [0.29, 0.717) is 6.04 Å². The Hall–Kier alpha value is -1.75. The van der Waals surface area contributed by atoms with Crippen LogP contribution in [0, 0.1) is 0 Å². The van der Waals surface area contributed by atoms with Gasteiger partial charge in [0.1, 0.15) is 0 Å². The van der Waals surface area contributed by atoms with Crippen LogP contribution in [0.4, 0.5) is 0 Å². The normalized spacial score (nSPS) is 16.5. The van der Waals surface area contributed by atoms with Gasteiger partial charge in [-0.25, -0.2) is 0 Å². The highest BCUT2D eigenvalue weighted by Gasteiger charge is 2.19. The van der Waals surface area contributed by atoms with E-state index in [1.807, 2.05) is 25.1 Å². The standard InChI is InChI=1S/C19H30N2O3/c1-14(19(22)21-16-7-5-4-6-8-16)20-12-11-15-9-10-17(23-2)18(13-15)24-3/h9-10,13-14,16,20H,4-8,11-12H2,1-3H3,(H,21,22)/t14-/m1/s1. The predicted octanol–water partition coefficient (Wildman–Crippen LogP) is 2.67. The van der Waals surface area contributed by atoms with E-state index < -0.39 is 0 Å². The van der Waals surface area contributed by atoms with E-state index in [0.717, 1.165) is 42.9 Å². The summed E-state index contributed by atoms with van der Waals surface area (Å²) in [6.45, 7) is 2.67. The van der Waals surface area contributed by atoms with Gasteiger partial charge < -0.3 is 20.1 Å². The first-order valence-corrected chi connectivity index (χ1v) is 8.88. The van der Waals surface area contributed by atoms with Crippen LogP contribution in [0.1, 0.15) is 44.6 Å². The van der Waals surface area contributed by atoms with Gasteiger partial charge in [0, 0.05) is 6.04 Å². The van der Waals surface area contributed by atoms with Crippen molar-refractivity contribution in [3.63, 3.8) is 0 Å². The molecule has 1 aliphatic rings. The molecule has 1 aromatic carbocycles. The molecule has 134 valence electrons. The fourth-order valence-corrected chi connectivity index (χ4v) is 3.13. The number of ether oxygens (including phenoxy) is 2. The molecule has 0 unspecified atom stereocenters. The molecule has 1 aromatic rings. The first-order valence-electron chi connectivity index (χ1n) is 8.88. The minimum absolute atomic E-state index is 0.106. The third-order valence-corrected chi connectivity index (χ3v) is 4.66. The Morgan fingerprint density at radius 3 is 2.54 bits per heavy atom. The molecule has 5 heteroatoms. The van der Waals surface area contributed by atoms with Gasteiger partial charge in [0.05, 0.1) is 20.3 Å². The molecule has 2 N–H and O–H groups in total. The lowest BCUT2D eigenvalue weighted by Gasteiger charge is -2.24. The molecule has 0 bridgehead atoms. The summed E-state index contributed by atoms with van der Waals surface area (Å²) >= 11 is 0. The molecule has 0 spiro atoms. The van der Waals surface area contributed by atoms with Crippen LogP contribution in [-0.4, -0.2) is 38.8 Å². The minimum Gasteiger partial charge on any atom is -0.493 e. The van der Waals surface area contributed by atoms with Crippen LogP contribution >= 0.6 is 0 Å². The average molecular weight is 334 g/mol. The maximum Gasteiger partial charge on any atom is 0.237 e. The van der Waals surface area contributed by atoms with Gasteiger partial charge in [-0.15, -0.1) is 0 Å². The average Bonchev–Trinajstić information content (AvgIpc) is 2.62. The quantitative estimate of drug-likeness (QED) is 0.767. The molecule has 0 saturated heterocycles. The van der Waals surface area contributed by atoms with Gasteiger partial charge in [-0.1, -0.05) is 25.3 Å². The van der Waals surface area contributed by atoms with Crippen LogP contribution in [0.3, 0.4) is 0 Å². The van der Waals surface area contributed by atoms with Gasteiger partial charge >= 0.3 is 0 Å². The minimum atomic E-state index is -0.174. The highest BCUT2D eigenvalue weighted by Crippen LogP contribution is 2.27. The number of benzene rings is 1. The Balaban J connectivity index is 1.75. The first-order chi connectivity index (χ1) is 11.6. The van der Waals surface area contributed by atoms with E-state index >= 15 is 0 Å². The number of carbonyl (C=O) groups is 1. The monoisotopic (exact) mass is 334 g/mol. The molecule has 0 radical (unpaired) electrons. The maximum atomic E-state index is 12.2. The molecule has 0 heterocycles. The van der Waals surface area contributed by atoms with Crippen molar-refractivity contribution in [3.8, 4) is 11.5 Å². The zero-order valence-electron chi connectivity index (χ0n) is 15.1. The molecule has 1 atom stereocenters. The summed E-state index contributed by atoms with van der Waals surface area (Å²) in [6.07, 6.45) is 6.82. The largest absolute Gasteiger partial charge is 0.493 e. The predicted molar refractivity (Wildman–Crippen MR) is 95.7 cm³/mol. The molecule has 1 saturated carbocycles. The van der Waals surface area contributed by atoms with Crippen LogP contribution in [0.5, 0.6) is 11.5 Å². The topological polar surface area (TPSA) is 59.6 Å². The second kappa shape index (κ2) is 9.52. The molecular formula is C19H30N2O3. The Morgan fingerprint density at radius 2 is 1.88 bits per heavy atom. The van der Waals surface area contributed by atoms with Crippen molar-refractivity contribution in [2.24, 2.45) is 0 Å². The summed E-state index contributed by atoms with van der Waals surface area (Å²) < 4.78 is 10.6. The fourth-order valence-electron chi connectivity index (χ4n) is 3.13. The van der Waals surface area contributed by atoms with Crippen LogP contribution in [-0.2, 0) is 11.2 Å². The van der Waals surface area contributed by atoms with E-state index in [1.165, 1.54) is 19.3 Å². The van der Waals surface area contributed by atoms with Gasteiger partial charge in [-0.3, -0.25) is 4.79 Å². The van der Waals surface area contributed by atoms with Gasteiger partial charge in [0.2, 0.25) is 5.91 Å². The van der Waals surface area contributed by atoms with Crippen molar-refractivity contribution in [3.05, 3.63) is 23.8 Å². The zero-order valence-corrected chi connectivity index (χ0v) is 15.1. The lowest BCUT2D eigenvalue weighted by molar-refractivity contribution is -0.123. The fraction of sp³-hybridized carbons (Fsp3) is 0.632. The summed E-state index contributed by atoms with van der Waals surface area (Å²) in [7, 11) is 3.27. The van der Waals surface area contributed by atoms with E-state index in [9.17, 15) is 4.79 Å². The number of carbonyl (C=O) groups excluding carboxylic acids is 1. The molecule has 1 aliphatic carbocycles. The van der Waals surface area contributed by atoms with E-state index in [4.69, 9.17) is 9.47 Å².